The lowest BCUT2D eigenvalue weighted by Gasteiger charge is -2.02. The maximum absolute atomic E-state index is 10.3. The molecule has 1 unspecified atom stereocenters. The number of hydrogen-bond acceptors (Lipinski definition) is 3. The molecule has 0 aliphatic rings. The van der Waals surface area contributed by atoms with E-state index >= 15 is 0 Å². The highest BCUT2D eigenvalue weighted by Crippen LogP contribution is 1.92. The zero-order valence-electron chi connectivity index (χ0n) is 6.03. The van der Waals surface area contributed by atoms with Crippen molar-refractivity contribution in [3.8, 4) is 12.3 Å². The number of terminal acetylenes is 1. The highest BCUT2D eigenvalue weighted by molar-refractivity contribution is 6.28. The lowest BCUT2D eigenvalue weighted by Crippen LogP contribution is -2.19. The highest BCUT2D eigenvalue weighted by atomic mass is 16.6. The molecule has 0 fully saturated rings. The molecule has 0 aliphatic carbocycles. The molecular weight excluding hydrogens is 148 g/mol. The van der Waals surface area contributed by atoms with Gasteiger partial charge in [0, 0.05) is 0 Å². The number of carbonyl (C=O) groups is 2. The first-order valence-corrected chi connectivity index (χ1v) is 2.94. The summed E-state index contributed by atoms with van der Waals surface area (Å²) in [6.07, 6.45) is 4.95. The average Bonchev–Trinajstić information content (AvgIpc) is 1.99. The van der Waals surface area contributed by atoms with Gasteiger partial charge in [-0.25, -0.2) is 9.59 Å². The molecule has 0 rings (SSSR count). The molecule has 0 spiro atoms. The molecule has 1 atom stereocenters. The monoisotopic (exact) mass is 156 g/mol. The van der Waals surface area contributed by atoms with Gasteiger partial charge in [0.15, 0.2) is 0 Å². The zero-order valence-corrected chi connectivity index (χ0v) is 6.03. The van der Waals surface area contributed by atoms with Crippen molar-refractivity contribution in [3.63, 3.8) is 0 Å². The maximum atomic E-state index is 10.3. The number of aliphatic carboxylic acids is 1. The van der Waals surface area contributed by atoms with Gasteiger partial charge in [-0.15, -0.1) is 12.3 Å². The van der Waals surface area contributed by atoms with Crippen LogP contribution in [-0.2, 0) is 14.3 Å². The van der Waals surface area contributed by atoms with Crippen molar-refractivity contribution in [2.24, 2.45) is 5.92 Å². The molecular formula is C7H8O4. The third kappa shape index (κ3) is 3.98. The normalized spacial score (nSPS) is 11.3. The molecule has 0 bridgehead atoms. The Morgan fingerprint density at radius 1 is 1.73 bits per heavy atom. The first-order valence-electron chi connectivity index (χ1n) is 2.94. The molecule has 0 aromatic carbocycles. The largest absolute Gasteiger partial charge is 0.473 e. The lowest BCUT2D eigenvalue weighted by atomic mass is 10.2. The maximum Gasteiger partial charge on any atom is 0.417 e. The number of carboxylic acid groups (broad SMARTS) is 1. The van der Waals surface area contributed by atoms with Crippen molar-refractivity contribution in [2.75, 3.05) is 6.61 Å². The molecule has 0 saturated carbocycles. The van der Waals surface area contributed by atoms with Crippen LogP contribution in [0.3, 0.4) is 0 Å². The summed E-state index contributed by atoms with van der Waals surface area (Å²) in [5, 5.41) is 8.04. The van der Waals surface area contributed by atoms with Crippen LogP contribution in [0.5, 0.6) is 0 Å². The van der Waals surface area contributed by atoms with Crippen LogP contribution in [0, 0.1) is 18.3 Å². The van der Waals surface area contributed by atoms with E-state index in [0.29, 0.717) is 0 Å². The van der Waals surface area contributed by atoms with Crippen LogP contribution in [0.4, 0.5) is 0 Å². The van der Waals surface area contributed by atoms with Crippen molar-refractivity contribution < 1.29 is 19.4 Å². The van der Waals surface area contributed by atoms with E-state index in [1.807, 2.05) is 0 Å². The summed E-state index contributed by atoms with van der Waals surface area (Å²) in [4.78, 5) is 20.1. The van der Waals surface area contributed by atoms with Crippen molar-refractivity contribution in [1.29, 1.82) is 0 Å². The van der Waals surface area contributed by atoms with Gasteiger partial charge in [0.25, 0.3) is 0 Å². The van der Waals surface area contributed by atoms with E-state index < -0.39 is 11.9 Å². The third-order valence-electron chi connectivity index (χ3n) is 0.924. The molecule has 11 heavy (non-hydrogen) atoms. The fraction of sp³-hybridized carbons (Fsp3) is 0.429. The Labute approximate surface area is 64.2 Å². The lowest BCUT2D eigenvalue weighted by molar-refractivity contribution is -0.164. The number of esters is 1. The average molecular weight is 156 g/mol. The Morgan fingerprint density at radius 2 is 2.27 bits per heavy atom. The topological polar surface area (TPSA) is 63.6 Å². The van der Waals surface area contributed by atoms with E-state index in [1.165, 1.54) is 0 Å². The van der Waals surface area contributed by atoms with Crippen LogP contribution in [-0.4, -0.2) is 23.7 Å². The van der Waals surface area contributed by atoms with E-state index in [4.69, 9.17) is 11.5 Å². The minimum atomic E-state index is -1.60. The van der Waals surface area contributed by atoms with Gasteiger partial charge in [-0.1, -0.05) is 0 Å². The van der Waals surface area contributed by atoms with E-state index in [9.17, 15) is 9.59 Å². The van der Waals surface area contributed by atoms with Crippen LogP contribution in [0.1, 0.15) is 6.92 Å². The Morgan fingerprint density at radius 3 is 2.64 bits per heavy atom. The van der Waals surface area contributed by atoms with Gasteiger partial charge in [0.2, 0.25) is 0 Å². The second-order valence-electron chi connectivity index (χ2n) is 1.97. The second kappa shape index (κ2) is 4.34. The van der Waals surface area contributed by atoms with E-state index in [0.717, 1.165) is 0 Å². The van der Waals surface area contributed by atoms with Gasteiger partial charge in [0.05, 0.1) is 5.92 Å². The molecule has 4 heteroatoms. The first-order chi connectivity index (χ1) is 5.07. The Bertz CT molecular complexity index is 201. The summed E-state index contributed by atoms with van der Waals surface area (Å²) in [6, 6.07) is 0. The Hall–Kier alpha value is -1.50. The molecule has 1 N–H and O–H groups in total. The van der Waals surface area contributed by atoms with Crippen LogP contribution >= 0.6 is 0 Å². The number of carboxylic acids is 1. The van der Waals surface area contributed by atoms with E-state index in [2.05, 4.69) is 10.7 Å². The number of hydrogen-bond donors (Lipinski definition) is 1. The molecule has 0 aliphatic heterocycles. The van der Waals surface area contributed by atoms with E-state index in [1.54, 1.807) is 6.92 Å². The molecule has 0 radical (unpaired) electrons. The fourth-order valence-electron chi connectivity index (χ4n) is 0.311. The molecule has 4 nitrogen and oxygen atoms in total. The minimum Gasteiger partial charge on any atom is -0.473 e. The van der Waals surface area contributed by atoms with Crippen molar-refractivity contribution in [2.45, 2.75) is 6.92 Å². The first kappa shape index (κ1) is 9.50. The van der Waals surface area contributed by atoms with Crippen molar-refractivity contribution in [1.82, 2.24) is 0 Å². The van der Waals surface area contributed by atoms with Crippen LogP contribution in [0.25, 0.3) is 0 Å². The third-order valence-corrected chi connectivity index (χ3v) is 0.924. The van der Waals surface area contributed by atoms with E-state index in [-0.39, 0.29) is 12.5 Å². The second-order valence-corrected chi connectivity index (χ2v) is 1.97. The van der Waals surface area contributed by atoms with Crippen molar-refractivity contribution >= 4 is 11.9 Å². The van der Waals surface area contributed by atoms with Crippen molar-refractivity contribution in [3.05, 3.63) is 0 Å². The summed E-state index contributed by atoms with van der Waals surface area (Å²) in [5.74, 6) is -0.836. The van der Waals surface area contributed by atoms with Gasteiger partial charge in [0.1, 0.15) is 6.61 Å². The molecule has 0 amide bonds. The smallest absolute Gasteiger partial charge is 0.417 e. The van der Waals surface area contributed by atoms with Crippen LogP contribution < -0.4 is 0 Å². The summed E-state index contributed by atoms with van der Waals surface area (Å²) < 4.78 is 4.28. The molecule has 0 aromatic rings. The van der Waals surface area contributed by atoms with Gasteiger partial charge in [-0.2, -0.15) is 0 Å². The van der Waals surface area contributed by atoms with Gasteiger partial charge >= 0.3 is 11.9 Å². The molecule has 60 valence electrons. The summed E-state index contributed by atoms with van der Waals surface area (Å²) in [5.41, 5.74) is 0. The predicted octanol–water partition coefficient (Wildman–Crippen LogP) is -0.117. The SMILES string of the molecule is C#CC(C)COC(=O)C(=O)O. The van der Waals surface area contributed by atoms with Gasteiger partial charge < -0.3 is 9.84 Å². The molecule has 0 heterocycles. The number of ether oxygens (including phenoxy) is 1. The van der Waals surface area contributed by atoms with Crippen LogP contribution in [0.15, 0.2) is 0 Å². The highest BCUT2D eigenvalue weighted by Gasteiger charge is 2.13. The van der Waals surface area contributed by atoms with Gasteiger partial charge in [-0.3, -0.25) is 0 Å². The summed E-state index contributed by atoms with van der Waals surface area (Å²) >= 11 is 0. The number of carbonyl (C=O) groups excluding carboxylic acids is 1. The Balaban J connectivity index is 3.65. The Kier molecular flexibility index (Phi) is 3.75. The zero-order chi connectivity index (χ0) is 8.85. The molecule has 0 saturated heterocycles. The molecule has 0 aromatic heterocycles. The fourth-order valence-corrected chi connectivity index (χ4v) is 0.311. The quantitative estimate of drug-likeness (QED) is 0.344. The number of rotatable bonds is 2. The summed E-state index contributed by atoms with van der Waals surface area (Å²) in [6.45, 7) is 1.59. The minimum absolute atomic E-state index is 0.0539. The standard InChI is InChI=1S/C7H8O4/c1-3-5(2)4-11-7(10)6(8)9/h1,5H,4H2,2H3,(H,8,9). The summed E-state index contributed by atoms with van der Waals surface area (Å²) in [7, 11) is 0. The van der Waals surface area contributed by atoms with Crippen LogP contribution in [0.2, 0.25) is 0 Å². The van der Waals surface area contributed by atoms with Gasteiger partial charge in [-0.05, 0) is 6.92 Å². The predicted molar refractivity (Wildman–Crippen MR) is 36.6 cm³/mol.